The largest absolute Gasteiger partial charge is 0.325 e. The van der Waals surface area contributed by atoms with Crippen molar-refractivity contribution in [2.45, 2.75) is 6.92 Å². The minimum atomic E-state index is -0.0638. The average molecular weight is 292 g/mol. The third-order valence-electron chi connectivity index (χ3n) is 1.74. The van der Waals surface area contributed by atoms with Crippen molar-refractivity contribution in [3.8, 4) is 0 Å². The van der Waals surface area contributed by atoms with Gasteiger partial charge in [-0.1, -0.05) is 18.5 Å². The number of carbonyl (C=O) groups is 1. The first kappa shape index (κ1) is 12.5. The highest BCUT2D eigenvalue weighted by molar-refractivity contribution is 9.10. The number of hydrogen-bond donors (Lipinski definition) is 2. The van der Waals surface area contributed by atoms with Crippen molar-refractivity contribution in [1.29, 1.82) is 0 Å². The number of likely N-dealkylation sites (N-methyl/N-ethyl adjacent to an activating group) is 1. The highest BCUT2D eigenvalue weighted by Crippen LogP contribution is 2.25. The predicted octanol–water partition coefficient (Wildman–Crippen LogP) is 2.65. The lowest BCUT2D eigenvalue weighted by Gasteiger charge is -2.06. The molecule has 0 spiro atoms. The maximum Gasteiger partial charge on any atom is 0.238 e. The van der Waals surface area contributed by atoms with Crippen LogP contribution >= 0.6 is 27.5 Å². The Labute approximate surface area is 102 Å². The summed E-state index contributed by atoms with van der Waals surface area (Å²) in [5, 5.41) is 6.32. The Bertz CT molecular complexity index is 357. The smallest absolute Gasteiger partial charge is 0.238 e. The van der Waals surface area contributed by atoms with E-state index in [1.165, 1.54) is 0 Å². The number of benzene rings is 1. The van der Waals surface area contributed by atoms with Crippen LogP contribution in [-0.4, -0.2) is 19.0 Å². The van der Waals surface area contributed by atoms with E-state index in [0.29, 0.717) is 11.6 Å². The van der Waals surface area contributed by atoms with Gasteiger partial charge in [0.25, 0.3) is 0 Å². The van der Waals surface area contributed by atoms with E-state index >= 15 is 0 Å². The molecule has 1 aromatic rings. The van der Waals surface area contributed by atoms with Gasteiger partial charge in [0.15, 0.2) is 0 Å². The molecule has 0 radical (unpaired) electrons. The number of amides is 1. The molecule has 1 aromatic carbocycles. The Morgan fingerprint density at radius 1 is 1.53 bits per heavy atom. The Morgan fingerprint density at radius 2 is 2.27 bits per heavy atom. The second-order valence-corrected chi connectivity index (χ2v) is 4.22. The standard InChI is InChI=1S/C10H12BrClN2O/c1-2-13-6-10(15)14-7-3-4-9(12)8(11)5-7/h3-5,13H,2,6H2,1H3,(H,14,15). The van der Waals surface area contributed by atoms with Gasteiger partial charge in [-0.15, -0.1) is 0 Å². The average Bonchev–Trinajstić information content (AvgIpc) is 2.20. The van der Waals surface area contributed by atoms with Gasteiger partial charge in [-0.3, -0.25) is 4.79 Å². The van der Waals surface area contributed by atoms with Crippen LogP contribution in [0.15, 0.2) is 22.7 Å². The van der Waals surface area contributed by atoms with E-state index in [1.54, 1.807) is 18.2 Å². The molecule has 0 unspecified atom stereocenters. The highest BCUT2D eigenvalue weighted by Gasteiger charge is 2.03. The van der Waals surface area contributed by atoms with Gasteiger partial charge in [0, 0.05) is 10.2 Å². The molecule has 15 heavy (non-hydrogen) atoms. The van der Waals surface area contributed by atoms with Crippen molar-refractivity contribution < 1.29 is 4.79 Å². The van der Waals surface area contributed by atoms with Crippen molar-refractivity contribution in [2.24, 2.45) is 0 Å². The number of anilines is 1. The van der Waals surface area contributed by atoms with Crippen molar-refractivity contribution in [2.75, 3.05) is 18.4 Å². The molecule has 1 amide bonds. The van der Waals surface area contributed by atoms with Crippen LogP contribution in [0.25, 0.3) is 0 Å². The third kappa shape index (κ3) is 4.20. The van der Waals surface area contributed by atoms with Gasteiger partial charge in [-0.05, 0) is 40.7 Å². The van der Waals surface area contributed by atoms with Crippen LogP contribution in [0.4, 0.5) is 5.69 Å². The summed E-state index contributed by atoms with van der Waals surface area (Å²) in [6.45, 7) is 3.04. The lowest BCUT2D eigenvalue weighted by atomic mass is 10.3. The lowest BCUT2D eigenvalue weighted by Crippen LogP contribution is -2.27. The highest BCUT2D eigenvalue weighted by atomic mass is 79.9. The Balaban J connectivity index is 2.57. The zero-order valence-electron chi connectivity index (χ0n) is 8.31. The van der Waals surface area contributed by atoms with Crippen LogP contribution in [0.1, 0.15) is 6.92 Å². The third-order valence-corrected chi connectivity index (χ3v) is 2.95. The predicted molar refractivity (Wildman–Crippen MR) is 66.3 cm³/mol. The molecule has 5 heteroatoms. The molecule has 0 saturated heterocycles. The summed E-state index contributed by atoms with van der Waals surface area (Å²) >= 11 is 9.12. The number of rotatable bonds is 4. The molecule has 0 saturated carbocycles. The number of carbonyl (C=O) groups excluding carboxylic acids is 1. The number of halogens is 2. The second kappa shape index (κ2) is 6.10. The summed E-state index contributed by atoms with van der Waals surface area (Å²) < 4.78 is 0.769. The van der Waals surface area contributed by atoms with Gasteiger partial charge in [-0.2, -0.15) is 0 Å². The van der Waals surface area contributed by atoms with E-state index in [9.17, 15) is 4.79 Å². The fourth-order valence-electron chi connectivity index (χ4n) is 1.02. The maximum absolute atomic E-state index is 11.3. The van der Waals surface area contributed by atoms with Crippen LogP contribution in [0.5, 0.6) is 0 Å². The van der Waals surface area contributed by atoms with Gasteiger partial charge in [0.2, 0.25) is 5.91 Å². The molecule has 0 fully saturated rings. The summed E-state index contributed by atoms with van der Waals surface area (Å²) in [4.78, 5) is 11.3. The zero-order valence-corrected chi connectivity index (χ0v) is 10.7. The molecular formula is C10H12BrClN2O. The monoisotopic (exact) mass is 290 g/mol. The van der Waals surface area contributed by atoms with E-state index in [1.807, 2.05) is 6.92 Å². The van der Waals surface area contributed by atoms with Gasteiger partial charge >= 0.3 is 0 Å². The van der Waals surface area contributed by atoms with Crippen molar-refractivity contribution in [3.05, 3.63) is 27.7 Å². The lowest BCUT2D eigenvalue weighted by molar-refractivity contribution is -0.115. The molecule has 0 bridgehead atoms. The second-order valence-electron chi connectivity index (χ2n) is 2.96. The molecule has 0 heterocycles. The molecule has 0 atom stereocenters. The molecule has 2 N–H and O–H groups in total. The topological polar surface area (TPSA) is 41.1 Å². The van der Waals surface area contributed by atoms with E-state index in [4.69, 9.17) is 11.6 Å². The minimum absolute atomic E-state index is 0.0638. The van der Waals surface area contributed by atoms with Crippen molar-refractivity contribution in [1.82, 2.24) is 5.32 Å². The molecule has 0 aromatic heterocycles. The molecule has 1 rings (SSSR count). The van der Waals surface area contributed by atoms with Gasteiger partial charge in [0.05, 0.1) is 11.6 Å². The van der Waals surface area contributed by atoms with Crippen molar-refractivity contribution in [3.63, 3.8) is 0 Å². The quantitative estimate of drug-likeness (QED) is 0.895. The maximum atomic E-state index is 11.3. The SMILES string of the molecule is CCNCC(=O)Nc1ccc(Cl)c(Br)c1. The molecule has 3 nitrogen and oxygen atoms in total. The molecule has 0 aliphatic rings. The van der Waals surface area contributed by atoms with Crippen LogP contribution < -0.4 is 10.6 Å². The summed E-state index contributed by atoms with van der Waals surface area (Å²) in [6.07, 6.45) is 0. The first-order valence-corrected chi connectivity index (χ1v) is 5.76. The Hall–Kier alpha value is -0.580. The van der Waals surface area contributed by atoms with Gasteiger partial charge in [-0.25, -0.2) is 0 Å². The van der Waals surface area contributed by atoms with Crippen LogP contribution in [-0.2, 0) is 4.79 Å². The van der Waals surface area contributed by atoms with Gasteiger partial charge < -0.3 is 10.6 Å². The summed E-state index contributed by atoms with van der Waals surface area (Å²) in [7, 11) is 0. The fraction of sp³-hybridized carbons (Fsp3) is 0.300. The Kier molecular flexibility index (Phi) is 5.08. The fourth-order valence-corrected chi connectivity index (χ4v) is 1.51. The van der Waals surface area contributed by atoms with E-state index < -0.39 is 0 Å². The first-order chi connectivity index (χ1) is 7.13. The minimum Gasteiger partial charge on any atom is -0.325 e. The molecular weight excluding hydrogens is 279 g/mol. The number of nitrogens with one attached hydrogen (secondary N) is 2. The van der Waals surface area contributed by atoms with E-state index in [-0.39, 0.29) is 5.91 Å². The van der Waals surface area contributed by atoms with Crippen LogP contribution in [0.2, 0.25) is 5.02 Å². The molecule has 82 valence electrons. The molecule has 0 aliphatic heterocycles. The van der Waals surface area contributed by atoms with Gasteiger partial charge in [0.1, 0.15) is 0 Å². The number of hydrogen-bond acceptors (Lipinski definition) is 2. The summed E-state index contributed by atoms with van der Waals surface area (Å²) in [5.41, 5.74) is 0.731. The van der Waals surface area contributed by atoms with Crippen LogP contribution in [0.3, 0.4) is 0 Å². The normalized spacial score (nSPS) is 10.1. The first-order valence-electron chi connectivity index (χ1n) is 4.59. The summed E-state index contributed by atoms with van der Waals surface area (Å²) in [6, 6.07) is 5.26. The Morgan fingerprint density at radius 3 is 2.87 bits per heavy atom. The molecule has 0 aliphatic carbocycles. The summed E-state index contributed by atoms with van der Waals surface area (Å²) in [5.74, 6) is -0.0638. The zero-order chi connectivity index (χ0) is 11.3. The van der Waals surface area contributed by atoms with Crippen molar-refractivity contribution >= 4 is 39.1 Å². The van der Waals surface area contributed by atoms with Crippen LogP contribution in [0, 0.1) is 0 Å². The van der Waals surface area contributed by atoms with E-state index in [2.05, 4.69) is 26.6 Å². The van der Waals surface area contributed by atoms with E-state index in [0.717, 1.165) is 16.7 Å².